The lowest BCUT2D eigenvalue weighted by Gasteiger charge is -2.32. The van der Waals surface area contributed by atoms with E-state index in [0.717, 1.165) is 65.2 Å². The summed E-state index contributed by atoms with van der Waals surface area (Å²) < 4.78 is 2.60. The molecule has 0 aliphatic carbocycles. The molecule has 5 rings (SSSR count). The van der Waals surface area contributed by atoms with E-state index in [9.17, 15) is 4.79 Å². The van der Waals surface area contributed by atoms with E-state index in [1.54, 1.807) is 22.8 Å². The van der Waals surface area contributed by atoms with Crippen LogP contribution in [-0.4, -0.2) is 45.0 Å². The third-order valence-electron chi connectivity index (χ3n) is 6.47. The van der Waals surface area contributed by atoms with Gasteiger partial charge in [-0.15, -0.1) is 0 Å². The van der Waals surface area contributed by atoms with Gasteiger partial charge in [0, 0.05) is 46.3 Å². The highest BCUT2D eigenvalue weighted by Gasteiger charge is 2.24. The SMILES string of the molecule is O=C(Cc1ccc(Cl)cc1Cl)N1CCC(CNc2cc(-c3ccccc3Cl)nc3c(Br)cnn23)CC1. The highest BCUT2D eigenvalue weighted by Crippen LogP contribution is 2.31. The van der Waals surface area contributed by atoms with Crippen molar-refractivity contribution < 1.29 is 4.79 Å². The number of benzene rings is 2. The molecular formula is C26H23BrCl3N5O. The van der Waals surface area contributed by atoms with Gasteiger partial charge in [0.2, 0.25) is 5.91 Å². The fraction of sp³-hybridized carbons (Fsp3) is 0.269. The van der Waals surface area contributed by atoms with Crippen LogP contribution in [0.1, 0.15) is 18.4 Å². The second-order valence-corrected chi connectivity index (χ2v) is 11.0. The summed E-state index contributed by atoms with van der Waals surface area (Å²) >= 11 is 22.2. The standard InChI is InChI=1S/C26H23BrCl3N5O/c27-20-15-32-35-24(13-23(33-26(20)35)19-3-1-2-4-21(19)29)31-14-16-7-9-34(10-8-16)25(36)11-17-5-6-18(28)12-22(17)30/h1-6,12-13,15-16,31H,7-11,14H2. The molecule has 1 aliphatic rings. The molecular weight excluding hydrogens is 585 g/mol. The van der Waals surface area contributed by atoms with E-state index in [0.29, 0.717) is 21.0 Å². The van der Waals surface area contributed by atoms with E-state index in [4.69, 9.17) is 39.8 Å². The van der Waals surface area contributed by atoms with Gasteiger partial charge in [0.05, 0.1) is 22.8 Å². The summed E-state index contributed by atoms with van der Waals surface area (Å²) in [6, 6.07) is 14.9. The quantitative estimate of drug-likeness (QED) is 0.256. The number of fused-ring (bicyclic) bond motifs is 1. The number of carbonyl (C=O) groups is 1. The average molecular weight is 608 g/mol. The molecule has 2 aromatic heterocycles. The second-order valence-electron chi connectivity index (χ2n) is 8.85. The lowest BCUT2D eigenvalue weighted by Crippen LogP contribution is -2.40. The van der Waals surface area contributed by atoms with Crippen molar-refractivity contribution in [2.24, 2.45) is 5.92 Å². The Hall–Kier alpha value is -2.32. The van der Waals surface area contributed by atoms with Crippen LogP contribution in [0.15, 0.2) is 59.2 Å². The van der Waals surface area contributed by atoms with E-state index in [1.165, 1.54) is 0 Å². The van der Waals surface area contributed by atoms with Crippen molar-refractivity contribution in [3.05, 3.63) is 79.8 Å². The first-order chi connectivity index (χ1) is 17.4. The summed E-state index contributed by atoms with van der Waals surface area (Å²) in [6.45, 7) is 2.21. The number of halogens is 4. The van der Waals surface area contributed by atoms with Crippen molar-refractivity contribution in [2.45, 2.75) is 19.3 Å². The maximum atomic E-state index is 12.8. The van der Waals surface area contributed by atoms with Crippen LogP contribution in [-0.2, 0) is 11.2 Å². The molecule has 0 unspecified atom stereocenters. The number of nitrogens with one attached hydrogen (secondary N) is 1. The van der Waals surface area contributed by atoms with Crippen molar-refractivity contribution in [1.82, 2.24) is 19.5 Å². The van der Waals surface area contributed by atoms with Crippen LogP contribution in [0.5, 0.6) is 0 Å². The van der Waals surface area contributed by atoms with Crippen molar-refractivity contribution >= 4 is 68.1 Å². The van der Waals surface area contributed by atoms with Gasteiger partial charge in [-0.2, -0.15) is 9.61 Å². The predicted molar refractivity (Wildman–Crippen MR) is 149 cm³/mol. The monoisotopic (exact) mass is 605 g/mol. The van der Waals surface area contributed by atoms with Crippen LogP contribution in [0.25, 0.3) is 16.9 Å². The van der Waals surface area contributed by atoms with Gasteiger partial charge in [0.1, 0.15) is 5.82 Å². The number of carbonyl (C=O) groups excluding carboxylic acids is 1. The summed E-state index contributed by atoms with van der Waals surface area (Å²) in [5, 5.41) is 9.77. The highest BCUT2D eigenvalue weighted by atomic mass is 79.9. The Morgan fingerprint density at radius 2 is 1.83 bits per heavy atom. The Kier molecular flexibility index (Phi) is 7.72. The van der Waals surface area contributed by atoms with Crippen molar-refractivity contribution in [1.29, 1.82) is 0 Å². The zero-order valence-electron chi connectivity index (χ0n) is 19.2. The first-order valence-electron chi connectivity index (χ1n) is 11.6. The molecule has 1 saturated heterocycles. The number of piperidine rings is 1. The number of hydrogen-bond donors (Lipinski definition) is 1. The summed E-state index contributed by atoms with van der Waals surface area (Å²) in [5.41, 5.74) is 3.16. The van der Waals surface area contributed by atoms with Gasteiger partial charge in [-0.1, -0.05) is 59.1 Å². The lowest BCUT2D eigenvalue weighted by molar-refractivity contribution is -0.131. The predicted octanol–water partition coefficient (Wildman–Crippen LogP) is 7.01. The molecule has 0 spiro atoms. The molecule has 0 bridgehead atoms. The van der Waals surface area contributed by atoms with Gasteiger partial charge in [0.25, 0.3) is 0 Å². The van der Waals surface area contributed by atoms with Crippen LogP contribution in [0, 0.1) is 5.92 Å². The highest BCUT2D eigenvalue weighted by molar-refractivity contribution is 9.10. The van der Waals surface area contributed by atoms with E-state index >= 15 is 0 Å². The van der Waals surface area contributed by atoms with E-state index < -0.39 is 0 Å². The molecule has 0 saturated carbocycles. The first kappa shape index (κ1) is 25.3. The molecule has 1 fully saturated rings. The molecule has 1 amide bonds. The zero-order valence-corrected chi connectivity index (χ0v) is 23.1. The summed E-state index contributed by atoms with van der Waals surface area (Å²) in [4.78, 5) is 19.5. The Bertz CT molecular complexity index is 1420. The summed E-state index contributed by atoms with van der Waals surface area (Å²) in [6.07, 6.45) is 3.86. The first-order valence-corrected chi connectivity index (χ1v) is 13.6. The Labute approximate surface area is 232 Å². The number of hydrogen-bond acceptors (Lipinski definition) is 4. The van der Waals surface area contributed by atoms with Crippen LogP contribution in [0.3, 0.4) is 0 Å². The topological polar surface area (TPSA) is 62.5 Å². The lowest BCUT2D eigenvalue weighted by atomic mass is 9.96. The minimum atomic E-state index is 0.0900. The molecule has 1 aliphatic heterocycles. The van der Waals surface area contributed by atoms with Gasteiger partial charge < -0.3 is 10.2 Å². The smallest absolute Gasteiger partial charge is 0.227 e. The van der Waals surface area contributed by atoms with Gasteiger partial charge in [-0.05, 0) is 58.5 Å². The second kappa shape index (κ2) is 11.0. The van der Waals surface area contributed by atoms with Gasteiger partial charge in [-0.25, -0.2) is 4.98 Å². The fourth-order valence-electron chi connectivity index (χ4n) is 4.44. The number of rotatable bonds is 6. The van der Waals surface area contributed by atoms with Gasteiger partial charge in [-0.3, -0.25) is 4.79 Å². The molecule has 186 valence electrons. The Morgan fingerprint density at radius 3 is 2.58 bits per heavy atom. The van der Waals surface area contributed by atoms with Crippen molar-refractivity contribution in [3.63, 3.8) is 0 Å². The molecule has 0 radical (unpaired) electrons. The van der Waals surface area contributed by atoms with E-state index in [2.05, 4.69) is 26.3 Å². The molecule has 3 heterocycles. The minimum absolute atomic E-state index is 0.0900. The molecule has 10 heteroatoms. The van der Waals surface area contributed by atoms with Crippen LogP contribution < -0.4 is 5.32 Å². The molecule has 6 nitrogen and oxygen atoms in total. The number of nitrogens with zero attached hydrogens (tertiary/aromatic N) is 4. The summed E-state index contributed by atoms with van der Waals surface area (Å²) in [5.74, 6) is 1.36. The zero-order chi connectivity index (χ0) is 25.2. The van der Waals surface area contributed by atoms with Gasteiger partial charge >= 0.3 is 0 Å². The largest absolute Gasteiger partial charge is 0.370 e. The number of aromatic nitrogens is 3. The van der Waals surface area contributed by atoms with E-state index in [-0.39, 0.29) is 12.3 Å². The van der Waals surface area contributed by atoms with Gasteiger partial charge in [0.15, 0.2) is 5.65 Å². The Morgan fingerprint density at radius 1 is 1.06 bits per heavy atom. The third kappa shape index (κ3) is 5.49. The normalized spacial score (nSPS) is 14.4. The maximum Gasteiger partial charge on any atom is 0.227 e. The van der Waals surface area contributed by atoms with Crippen molar-refractivity contribution in [3.8, 4) is 11.3 Å². The molecule has 1 N–H and O–H groups in total. The maximum absolute atomic E-state index is 12.8. The molecule has 0 atom stereocenters. The van der Waals surface area contributed by atoms with E-state index in [1.807, 2.05) is 41.3 Å². The van der Waals surface area contributed by atoms with Crippen molar-refractivity contribution in [2.75, 3.05) is 25.0 Å². The Balaban J connectivity index is 1.24. The van der Waals surface area contributed by atoms with Crippen LogP contribution >= 0.6 is 50.7 Å². The third-order valence-corrected chi connectivity index (χ3v) is 7.95. The molecule has 4 aromatic rings. The van der Waals surface area contributed by atoms with Crippen LogP contribution in [0.2, 0.25) is 15.1 Å². The average Bonchev–Trinajstić information content (AvgIpc) is 3.25. The van der Waals surface area contributed by atoms with Crippen LogP contribution in [0.4, 0.5) is 5.82 Å². The summed E-state index contributed by atoms with van der Waals surface area (Å²) in [7, 11) is 0. The minimum Gasteiger partial charge on any atom is -0.370 e. The molecule has 36 heavy (non-hydrogen) atoms. The molecule has 2 aromatic carbocycles. The fourth-order valence-corrected chi connectivity index (χ4v) is 5.50. The number of anilines is 1. The number of likely N-dealkylation sites (tertiary alicyclic amines) is 1. The number of amides is 1.